The first-order chi connectivity index (χ1) is 10.7. The van der Waals surface area contributed by atoms with Gasteiger partial charge in [-0.1, -0.05) is 0 Å². The van der Waals surface area contributed by atoms with Crippen molar-refractivity contribution in [2.75, 3.05) is 31.6 Å². The molecule has 1 aliphatic carbocycles. The maximum Gasteiger partial charge on any atom is 0.225 e. The summed E-state index contributed by atoms with van der Waals surface area (Å²) in [6.07, 6.45) is 5.91. The lowest BCUT2D eigenvalue weighted by Crippen LogP contribution is -2.40. The van der Waals surface area contributed by atoms with E-state index in [0.717, 1.165) is 51.0 Å². The van der Waals surface area contributed by atoms with E-state index in [0.29, 0.717) is 23.4 Å². The van der Waals surface area contributed by atoms with Crippen LogP contribution in [0.15, 0.2) is 18.3 Å². The van der Waals surface area contributed by atoms with Crippen LogP contribution in [0.3, 0.4) is 0 Å². The van der Waals surface area contributed by atoms with Gasteiger partial charge in [-0.3, -0.25) is 4.79 Å². The molecule has 0 unspecified atom stereocenters. The first kappa shape index (κ1) is 14.8. The maximum atomic E-state index is 12.0. The highest BCUT2D eigenvalue weighted by atomic mass is 16.2. The predicted octanol–water partition coefficient (Wildman–Crippen LogP) is 2.04. The van der Waals surface area contributed by atoms with Gasteiger partial charge in [0, 0.05) is 38.8 Å². The first-order valence-corrected chi connectivity index (χ1v) is 8.04. The average molecular weight is 298 g/mol. The molecule has 1 aromatic rings. The summed E-state index contributed by atoms with van der Waals surface area (Å²) in [5.41, 5.74) is 1.44. The Balaban J connectivity index is 1.54. The molecule has 1 amide bonds. The summed E-state index contributed by atoms with van der Waals surface area (Å²) in [6.45, 7) is 2.72. The zero-order valence-electron chi connectivity index (χ0n) is 13.0. The van der Waals surface area contributed by atoms with Gasteiger partial charge in [-0.05, 0) is 43.7 Å². The van der Waals surface area contributed by atoms with E-state index >= 15 is 0 Å². The van der Waals surface area contributed by atoms with Gasteiger partial charge in [0.05, 0.1) is 5.69 Å². The average Bonchev–Trinajstić information content (AvgIpc) is 3.39. The van der Waals surface area contributed by atoms with Crippen molar-refractivity contribution in [2.24, 2.45) is 11.8 Å². The van der Waals surface area contributed by atoms with Crippen molar-refractivity contribution in [3.8, 4) is 6.07 Å². The van der Waals surface area contributed by atoms with Crippen molar-refractivity contribution in [3.63, 3.8) is 0 Å². The summed E-state index contributed by atoms with van der Waals surface area (Å²) >= 11 is 0. The third-order valence-corrected chi connectivity index (χ3v) is 4.68. The van der Waals surface area contributed by atoms with E-state index in [2.05, 4.69) is 16.0 Å². The maximum absolute atomic E-state index is 12.0. The molecular weight excluding hydrogens is 276 g/mol. The Morgan fingerprint density at radius 1 is 1.41 bits per heavy atom. The van der Waals surface area contributed by atoms with E-state index in [9.17, 15) is 4.79 Å². The van der Waals surface area contributed by atoms with Gasteiger partial charge in [0.1, 0.15) is 6.07 Å². The molecule has 5 nitrogen and oxygen atoms in total. The van der Waals surface area contributed by atoms with Gasteiger partial charge < -0.3 is 9.80 Å². The van der Waals surface area contributed by atoms with Gasteiger partial charge in [0.2, 0.25) is 5.91 Å². The van der Waals surface area contributed by atoms with E-state index in [1.165, 1.54) is 0 Å². The van der Waals surface area contributed by atoms with Crippen LogP contribution in [-0.4, -0.2) is 42.5 Å². The molecular formula is C17H22N4O. The number of aromatic nitrogens is 1. The van der Waals surface area contributed by atoms with Crippen LogP contribution < -0.4 is 4.90 Å². The van der Waals surface area contributed by atoms with Crippen molar-refractivity contribution in [1.29, 1.82) is 5.26 Å². The van der Waals surface area contributed by atoms with Crippen LogP contribution in [0, 0.1) is 23.2 Å². The van der Waals surface area contributed by atoms with E-state index < -0.39 is 0 Å². The molecule has 1 saturated carbocycles. The predicted molar refractivity (Wildman–Crippen MR) is 84.3 cm³/mol. The Bertz CT molecular complexity index is 583. The Morgan fingerprint density at radius 3 is 2.77 bits per heavy atom. The van der Waals surface area contributed by atoms with E-state index in [1.807, 2.05) is 24.1 Å². The number of anilines is 1. The SMILES string of the molecule is CN(CC1CCN(c2cccnc2C#N)CC1)C(=O)C1CC1. The van der Waals surface area contributed by atoms with Gasteiger partial charge in [0.25, 0.3) is 0 Å². The van der Waals surface area contributed by atoms with E-state index in [1.54, 1.807) is 6.20 Å². The molecule has 1 aromatic heterocycles. The first-order valence-electron chi connectivity index (χ1n) is 8.04. The van der Waals surface area contributed by atoms with Crippen LogP contribution in [0.25, 0.3) is 0 Å². The highest BCUT2D eigenvalue weighted by Crippen LogP contribution is 2.31. The molecule has 0 N–H and O–H groups in total. The number of carbonyl (C=O) groups excluding carboxylic acids is 1. The lowest BCUT2D eigenvalue weighted by molar-refractivity contribution is -0.131. The van der Waals surface area contributed by atoms with Gasteiger partial charge in [0.15, 0.2) is 5.69 Å². The fraction of sp³-hybridized carbons (Fsp3) is 0.588. The zero-order valence-corrected chi connectivity index (χ0v) is 13.0. The molecule has 22 heavy (non-hydrogen) atoms. The summed E-state index contributed by atoms with van der Waals surface area (Å²) in [5.74, 6) is 1.19. The minimum atomic E-state index is 0.304. The Kier molecular flexibility index (Phi) is 4.28. The van der Waals surface area contributed by atoms with Crippen LogP contribution >= 0.6 is 0 Å². The third-order valence-electron chi connectivity index (χ3n) is 4.68. The summed E-state index contributed by atoms with van der Waals surface area (Å²) in [5, 5.41) is 9.16. The second kappa shape index (κ2) is 6.35. The van der Waals surface area contributed by atoms with Crippen molar-refractivity contribution in [1.82, 2.24) is 9.88 Å². The number of pyridine rings is 1. The summed E-state index contributed by atoms with van der Waals surface area (Å²) in [6, 6.07) is 6.01. The summed E-state index contributed by atoms with van der Waals surface area (Å²) in [4.78, 5) is 20.3. The monoisotopic (exact) mass is 298 g/mol. The van der Waals surface area contributed by atoms with Crippen molar-refractivity contribution in [3.05, 3.63) is 24.0 Å². The standard InChI is InChI=1S/C17H22N4O/c1-20(17(22)14-4-5-14)12-13-6-9-21(10-7-13)16-3-2-8-19-15(16)11-18/h2-3,8,13-14H,4-7,9-10,12H2,1H3. The molecule has 2 heterocycles. The lowest BCUT2D eigenvalue weighted by atomic mass is 9.95. The highest BCUT2D eigenvalue weighted by Gasteiger charge is 2.33. The summed E-state index contributed by atoms with van der Waals surface area (Å²) in [7, 11) is 1.93. The topological polar surface area (TPSA) is 60.2 Å². The number of rotatable bonds is 4. The number of nitrogens with zero attached hydrogens (tertiary/aromatic N) is 4. The van der Waals surface area contributed by atoms with Gasteiger partial charge in [-0.15, -0.1) is 0 Å². The number of hydrogen-bond donors (Lipinski definition) is 0. The second-order valence-electron chi connectivity index (χ2n) is 6.41. The molecule has 2 aliphatic rings. The molecule has 0 bridgehead atoms. The molecule has 5 heteroatoms. The molecule has 1 aliphatic heterocycles. The highest BCUT2D eigenvalue weighted by molar-refractivity contribution is 5.80. The number of nitriles is 1. The van der Waals surface area contributed by atoms with Crippen molar-refractivity contribution >= 4 is 11.6 Å². The van der Waals surface area contributed by atoms with E-state index in [-0.39, 0.29) is 0 Å². The largest absolute Gasteiger partial charge is 0.369 e. The Labute approximate surface area is 131 Å². The third kappa shape index (κ3) is 3.22. The lowest BCUT2D eigenvalue weighted by Gasteiger charge is -2.35. The number of carbonyl (C=O) groups is 1. The van der Waals surface area contributed by atoms with Gasteiger partial charge in [-0.25, -0.2) is 4.98 Å². The molecule has 0 spiro atoms. The normalized spacial score (nSPS) is 18.8. The number of amides is 1. The molecule has 0 aromatic carbocycles. The van der Waals surface area contributed by atoms with Crippen LogP contribution in [0.4, 0.5) is 5.69 Å². The quantitative estimate of drug-likeness (QED) is 0.853. The Morgan fingerprint density at radius 2 is 2.14 bits per heavy atom. The molecule has 2 fully saturated rings. The Hall–Kier alpha value is -2.09. The fourth-order valence-electron chi connectivity index (χ4n) is 3.21. The molecule has 0 radical (unpaired) electrons. The van der Waals surface area contributed by atoms with Crippen molar-refractivity contribution < 1.29 is 4.79 Å². The van der Waals surface area contributed by atoms with Gasteiger partial charge >= 0.3 is 0 Å². The van der Waals surface area contributed by atoms with Crippen LogP contribution in [0.1, 0.15) is 31.4 Å². The molecule has 116 valence electrons. The van der Waals surface area contributed by atoms with Crippen LogP contribution in [-0.2, 0) is 4.79 Å². The minimum absolute atomic E-state index is 0.304. The zero-order chi connectivity index (χ0) is 15.5. The minimum Gasteiger partial charge on any atom is -0.369 e. The fourth-order valence-corrected chi connectivity index (χ4v) is 3.21. The molecule has 0 atom stereocenters. The molecule has 3 rings (SSSR count). The molecule has 1 saturated heterocycles. The number of hydrogen-bond acceptors (Lipinski definition) is 4. The van der Waals surface area contributed by atoms with Gasteiger partial charge in [-0.2, -0.15) is 5.26 Å². The van der Waals surface area contributed by atoms with E-state index in [4.69, 9.17) is 5.26 Å². The smallest absolute Gasteiger partial charge is 0.225 e. The van der Waals surface area contributed by atoms with Crippen molar-refractivity contribution in [2.45, 2.75) is 25.7 Å². The van der Waals surface area contributed by atoms with Crippen LogP contribution in [0.2, 0.25) is 0 Å². The number of piperidine rings is 1. The summed E-state index contributed by atoms with van der Waals surface area (Å²) < 4.78 is 0. The second-order valence-corrected chi connectivity index (χ2v) is 6.41. The van der Waals surface area contributed by atoms with Crippen LogP contribution in [0.5, 0.6) is 0 Å².